The van der Waals surface area contributed by atoms with E-state index in [1.165, 1.54) is 25.8 Å². The standard InChI is InChI=1S/C23H36ClN5O2/c1-6-29-21(24)19(20(26-29)18-15-16(2)31-27-18)22(30)25-11-7-17-8-12-28(13-9-17)14-10-23(3,4)5/h15,17H,6-14H2,1-5H3,(H,25,30). The van der Waals surface area contributed by atoms with Gasteiger partial charge in [-0.15, -0.1) is 0 Å². The van der Waals surface area contributed by atoms with E-state index in [4.69, 9.17) is 16.1 Å². The van der Waals surface area contributed by atoms with Gasteiger partial charge in [0.1, 0.15) is 27.9 Å². The third kappa shape index (κ3) is 6.32. The lowest BCUT2D eigenvalue weighted by molar-refractivity contribution is 0.0948. The molecule has 1 aliphatic heterocycles. The molecule has 0 aliphatic carbocycles. The molecular formula is C23H36ClN5O2. The molecular weight excluding hydrogens is 414 g/mol. The average molecular weight is 450 g/mol. The summed E-state index contributed by atoms with van der Waals surface area (Å²) in [7, 11) is 0. The Labute approximate surface area is 190 Å². The Bertz CT molecular complexity index is 875. The van der Waals surface area contributed by atoms with Crippen LogP contribution in [-0.2, 0) is 6.54 Å². The number of hydrogen-bond acceptors (Lipinski definition) is 5. The van der Waals surface area contributed by atoms with Crippen molar-refractivity contribution in [1.29, 1.82) is 0 Å². The summed E-state index contributed by atoms with van der Waals surface area (Å²) < 4.78 is 6.78. The number of halogens is 1. The number of carbonyl (C=O) groups is 1. The van der Waals surface area contributed by atoms with E-state index >= 15 is 0 Å². The van der Waals surface area contributed by atoms with Crippen molar-refractivity contribution in [3.63, 3.8) is 0 Å². The maximum absolute atomic E-state index is 13.0. The van der Waals surface area contributed by atoms with Gasteiger partial charge in [-0.2, -0.15) is 5.10 Å². The van der Waals surface area contributed by atoms with Crippen molar-refractivity contribution < 1.29 is 9.32 Å². The van der Waals surface area contributed by atoms with Gasteiger partial charge in [0.15, 0.2) is 0 Å². The Morgan fingerprint density at radius 1 is 1.32 bits per heavy atom. The van der Waals surface area contributed by atoms with Crippen LogP contribution >= 0.6 is 11.6 Å². The number of hydrogen-bond donors (Lipinski definition) is 1. The minimum Gasteiger partial charge on any atom is -0.361 e. The largest absolute Gasteiger partial charge is 0.361 e. The summed E-state index contributed by atoms with van der Waals surface area (Å²) >= 11 is 6.46. The smallest absolute Gasteiger partial charge is 0.256 e. The third-order valence-corrected chi connectivity index (χ3v) is 6.40. The summed E-state index contributed by atoms with van der Waals surface area (Å²) in [5.41, 5.74) is 1.75. The molecule has 0 saturated carbocycles. The van der Waals surface area contributed by atoms with Gasteiger partial charge in [-0.3, -0.25) is 9.48 Å². The molecule has 1 amide bonds. The van der Waals surface area contributed by atoms with E-state index in [9.17, 15) is 4.79 Å². The lowest BCUT2D eigenvalue weighted by atomic mass is 9.90. The number of carbonyl (C=O) groups excluding carboxylic acids is 1. The Balaban J connectivity index is 1.52. The van der Waals surface area contributed by atoms with Crippen LogP contribution in [0.4, 0.5) is 0 Å². The molecule has 8 heteroatoms. The summed E-state index contributed by atoms with van der Waals surface area (Å²) in [4.78, 5) is 15.5. The number of rotatable bonds is 8. The van der Waals surface area contributed by atoms with Gasteiger partial charge in [-0.1, -0.05) is 37.5 Å². The van der Waals surface area contributed by atoms with Crippen LogP contribution in [0.15, 0.2) is 10.6 Å². The predicted molar refractivity (Wildman–Crippen MR) is 123 cm³/mol. The molecule has 0 aromatic carbocycles. The predicted octanol–water partition coefficient (Wildman–Crippen LogP) is 4.79. The van der Waals surface area contributed by atoms with Crippen molar-refractivity contribution >= 4 is 17.5 Å². The number of likely N-dealkylation sites (tertiary alicyclic amines) is 1. The van der Waals surface area contributed by atoms with Crippen LogP contribution < -0.4 is 5.32 Å². The highest BCUT2D eigenvalue weighted by Gasteiger charge is 2.26. The number of aryl methyl sites for hydroxylation is 2. The van der Waals surface area contributed by atoms with Gasteiger partial charge in [0.05, 0.1) is 0 Å². The van der Waals surface area contributed by atoms with Crippen molar-refractivity contribution in [2.45, 2.75) is 66.8 Å². The number of nitrogens with one attached hydrogen (secondary N) is 1. The summed E-state index contributed by atoms with van der Waals surface area (Å²) in [5, 5.41) is 11.9. The first-order chi connectivity index (χ1) is 14.7. The van der Waals surface area contributed by atoms with Gasteiger partial charge < -0.3 is 14.7 Å². The maximum Gasteiger partial charge on any atom is 0.256 e. The first-order valence-corrected chi connectivity index (χ1v) is 11.8. The Hall–Kier alpha value is -1.86. The van der Waals surface area contributed by atoms with Gasteiger partial charge in [-0.05, 0) is 70.5 Å². The van der Waals surface area contributed by atoms with E-state index in [2.05, 4.69) is 41.2 Å². The monoisotopic (exact) mass is 449 g/mol. The van der Waals surface area contributed by atoms with Gasteiger partial charge in [0, 0.05) is 19.2 Å². The molecule has 0 spiro atoms. The fourth-order valence-electron chi connectivity index (χ4n) is 3.98. The highest BCUT2D eigenvalue weighted by Crippen LogP contribution is 2.29. The van der Waals surface area contributed by atoms with Crippen LogP contribution in [0, 0.1) is 18.3 Å². The van der Waals surface area contributed by atoms with Crippen LogP contribution in [0.2, 0.25) is 5.15 Å². The molecule has 1 N–H and O–H groups in total. The Morgan fingerprint density at radius 2 is 2.03 bits per heavy atom. The van der Waals surface area contributed by atoms with Gasteiger partial charge in [0.2, 0.25) is 0 Å². The zero-order valence-electron chi connectivity index (χ0n) is 19.5. The molecule has 1 saturated heterocycles. The Kier molecular flexibility index (Phi) is 7.81. The van der Waals surface area contributed by atoms with Crippen molar-refractivity contribution in [3.8, 4) is 11.4 Å². The molecule has 31 heavy (non-hydrogen) atoms. The summed E-state index contributed by atoms with van der Waals surface area (Å²) in [6.45, 7) is 15.3. The van der Waals surface area contributed by atoms with E-state index < -0.39 is 0 Å². The fourth-order valence-corrected chi connectivity index (χ4v) is 4.31. The molecule has 7 nitrogen and oxygen atoms in total. The number of amides is 1. The van der Waals surface area contributed by atoms with Crippen LogP contribution in [-0.4, -0.2) is 51.9 Å². The van der Waals surface area contributed by atoms with Crippen LogP contribution in [0.5, 0.6) is 0 Å². The van der Waals surface area contributed by atoms with E-state index in [1.807, 2.05) is 13.8 Å². The first-order valence-electron chi connectivity index (χ1n) is 11.4. The van der Waals surface area contributed by atoms with Crippen molar-refractivity contribution in [1.82, 2.24) is 25.2 Å². The molecule has 0 atom stereocenters. The second kappa shape index (κ2) is 10.2. The van der Waals surface area contributed by atoms with Crippen molar-refractivity contribution in [2.75, 3.05) is 26.2 Å². The molecule has 0 radical (unpaired) electrons. The van der Waals surface area contributed by atoms with E-state index in [-0.39, 0.29) is 5.91 Å². The topological polar surface area (TPSA) is 76.2 Å². The minimum atomic E-state index is -0.206. The maximum atomic E-state index is 13.0. The third-order valence-electron chi connectivity index (χ3n) is 6.01. The molecule has 172 valence electrons. The molecule has 1 aliphatic rings. The molecule has 1 fully saturated rings. The van der Waals surface area contributed by atoms with Crippen molar-refractivity contribution in [3.05, 3.63) is 22.5 Å². The molecule has 2 aromatic heterocycles. The number of nitrogens with zero attached hydrogens (tertiary/aromatic N) is 4. The fraction of sp³-hybridized carbons (Fsp3) is 0.696. The average Bonchev–Trinajstić information content (AvgIpc) is 3.29. The quantitative estimate of drug-likeness (QED) is 0.627. The van der Waals surface area contributed by atoms with Crippen LogP contribution in [0.3, 0.4) is 0 Å². The zero-order chi connectivity index (χ0) is 22.6. The summed E-state index contributed by atoms with van der Waals surface area (Å²) in [6, 6.07) is 1.77. The van der Waals surface area contributed by atoms with E-state index in [0.29, 0.717) is 52.3 Å². The van der Waals surface area contributed by atoms with Crippen LogP contribution in [0.25, 0.3) is 11.4 Å². The highest BCUT2D eigenvalue weighted by molar-refractivity contribution is 6.33. The summed E-state index contributed by atoms with van der Waals surface area (Å²) in [6.07, 6.45) is 4.60. The van der Waals surface area contributed by atoms with E-state index in [1.54, 1.807) is 10.7 Å². The summed E-state index contributed by atoms with van der Waals surface area (Å²) in [5.74, 6) is 1.11. The normalized spacial score (nSPS) is 16.1. The zero-order valence-corrected chi connectivity index (χ0v) is 20.3. The molecule has 3 heterocycles. The SMILES string of the molecule is CCn1nc(-c2cc(C)on2)c(C(=O)NCCC2CCN(CCC(C)(C)C)CC2)c1Cl. The number of piperidine rings is 1. The van der Waals surface area contributed by atoms with Crippen LogP contribution in [0.1, 0.15) is 69.5 Å². The van der Waals surface area contributed by atoms with Crippen molar-refractivity contribution in [2.24, 2.45) is 11.3 Å². The number of aromatic nitrogens is 3. The minimum absolute atomic E-state index is 0.206. The lowest BCUT2D eigenvalue weighted by Crippen LogP contribution is -2.36. The second-order valence-corrected chi connectivity index (χ2v) is 10.2. The molecule has 0 unspecified atom stereocenters. The highest BCUT2D eigenvalue weighted by atomic mass is 35.5. The Morgan fingerprint density at radius 3 is 2.61 bits per heavy atom. The first kappa shape index (κ1) is 23.8. The second-order valence-electron chi connectivity index (χ2n) is 9.79. The molecule has 2 aromatic rings. The molecule has 0 bridgehead atoms. The van der Waals surface area contributed by atoms with Gasteiger partial charge in [0.25, 0.3) is 5.91 Å². The van der Waals surface area contributed by atoms with Gasteiger partial charge in [-0.25, -0.2) is 0 Å². The van der Waals surface area contributed by atoms with Gasteiger partial charge >= 0.3 is 0 Å². The van der Waals surface area contributed by atoms with E-state index in [0.717, 1.165) is 19.5 Å². The molecule has 3 rings (SSSR count). The lowest BCUT2D eigenvalue weighted by Gasteiger charge is -2.33.